The molecule has 0 spiro atoms. The van der Waals surface area contributed by atoms with Crippen molar-refractivity contribution < 1.29 is 19.4 Å². The van der Waals surface area contributed by atoms with Crippen LogP contribution in [-0.2, 0) is 19.4 Å². The van der Waals surface area contributed by atoms with Crippen LogP contribution in [-0.4, -0.2) is 3.90 Å². The molecule has 0 aliphatic rings. The van der Waals surface area contributed by atoms with E-state index in [9.17, 15) is 0 Å². The SMILES string of the molecule is C.CC.[CH-]=CC(C)=C[C](C)=[W]. The van der Waals surface area contributed by atoms with Gasteiger partial charge in [0.1, 0.15) is 0 Å². The first kappa shape index (κ1) is 17.2. The molecule has 0 saturated heterocycles. The molecule has 0 aromatic carbocycles. The fourth-order valence-electron chi connectivity index (χ4n) is 0.369. The Hall–Kier alpha value is 0.0383. The predicted octanol–water partition coefficient (Wildman–Crippen LogP) is 3.32. The molecule has 0 bridgehead atoms. The second-order valence-electron chi connectivity index (χ2n) is 1.67. The Kier molecular flexibility index (Phi) is 19.9. The van der Waals surface area contributed by atoms with E-state index in [0.717, 1.165) is 5.57 Å². The van der Waals surface area contributed by atoms with Crippen molar-refractivity contribution in [1.29, 1.82) is 0 Å². The second-order valence-corrected chi connectivity index (χ2v) is 3.98. The summed E-state index contributed by atoms with van der Waals surface area (Å²) in [6.07, 6.45) is 3.70. The molecule has 0 atom stereocenters. The molecular weight excluding hydrogens is 304 g/mol. The molecule has 0 aromatic heterocycles. The Morgan fingerprint density at radius 1 is 1.27 bits per heavy atom. The van der Waals surface area contributed by atoms with Crippen LogP contribution in [0, 0.1) is 6.58 Å². The molecule has 0 heterocycles. The van der Waals surface area contributed by atoms with Crippen LogP contribution in [0.3, 0.4) is 0 Å². The van der Waals surface area contributed by atoms with E-state index in [1.54, 1.807) is 6.08 Å². The van der Waals surface area contributed by atoms with Crippen molar-refractivity contribution in [2.24, 2.45) is 0 Å². The normalized spacial score (nSPS) is 8.55. The topological polar surface area (TPSA) is 0 Å². The summed E-state index contributed by atoms with van der Waals surface area (Å²) in [7, 11) is 0. The number of allylic oxidation sites excluding steroid dienone is 3. The van der Waals surface area contributed by atoms with E-state index in [1.807, 2.05) is 20.8 Å². The van der Waals surface area contributed by atoms with Gasteiger partial charge >= 0.3 is 61.4 Å². The van der Waals surface area contributed by atoms with Gasteiger partial charge in [-0.25, -0.2) is 0 Å². The molecule has 0 rings (SSSR count). The Balaban J connectivity index is -0.000000196. The molecule has 0 amide bonds. The maximum absolute atomic E-state index is 5.22. The molecule has 66 valence electrons. The zero-order valence-corrected chi connectivity index (χ0v) is 10.1. The third kappa shape index (κ3) is 17.8. The Labute approximate surface area is 82.8 Å². The van der Waals surface area contributed by atoms with Crippen molar-refractivity contribution >= 4 is 3.90 Å². The van der Waals surface area contributed by atoms with E-state index < -0.39 is 0 Å². The van der Waals surface area contributed by atoms with E-state index >= 15 is 0 Å². The summed E-state index contributed by atoms with van der Waals surface area (Å²) >= 11 is 1.50. The van der Waals surface area contributed by atoms with Gasteiger partial charge in [0.2, 0.25) is 0 Å². The quantitative estimate of drug-likeness (QED) is 0.540. The molecule has 0 nitrogen and oxygen atoms in total. The van der Waals surface area contributed by atoms with Gasteiger partial charge in [0, 0.05) is 0 Å². The van der Waals surface area contributed by atoms with Crippen molar-refractivity contribution in [1.82, 2.24) is 0 Å². The van der Waals surface area contributed by atoms with E-state index in [-0.39, 0.29) is 7.43 Å². The molecule has 11 heavy (non-hydrogen) atoms. The van der Waals surface area contributed by atoms with Crippen molar-refractivity contribution in [3.05, 3.63) is 24.3 Å². The number of rotatable bonds is 2. The van der Waals surface area contributed by atoms with Crippen LogP contribution < -0.4 is 0 Å². The van der Waals surface area contributed by atoms with E-state index in [1.165, 1.54) is 23.3 Å². The van der Waals surface area contributed by atoms with Crippen LogP contribution in [0.15, 0.2) is 17.7 Å². The van der Waals surface area contributed by atoms with Crippen molar-refractivity contribution in [3.8, 4) is 0 Å². The van der Waals surface area contributed by atoms with Crippen LogP contribution >= 0.6 is 0 Å². The monoisotopic (exact) mass is 323 g/mol. The molecule has 0 radical (unpaired) electrons. The summed E-state index contributed by atoms with van der Waals surface area (Å²) in [6, 6.07) is 0. The molecule has 1 heteroatoms. The molecule has 0 saturated carbocycles. The van der Waals surface area contributed by atoms with Gasteiger partial charge in [-0.15, -0.1) is 0 Å². The van der Waals surface area contributed by atoms with Crippen LogP contribution in [0.5, 0.6) is 0 Å². The van der Waals surface area contributed by atoms with E-state index in [2.05, 4.69) is 13.0 Å². The van der Waals surface area contributed by atoms with E-state index in [4.69, 9.17) is 6.58 Å². The molecular formula is C10H19W-. The summed E-state index contributed by atoms with van der Waals surface area (Å²) in [4.78, 5) is 0. The second kappa shape index (κ2) is 12.7. The Bertz CT molecular complexity index is 132. The van der Waals surface area contributed by atoms with Crippen LogP contribution in [0.25, 0.3) is 0 Å². The fraction of sp³-hybridized carbons (Fsp3) is 0.500. The zero-order valence-electron chi connectivity index (χ0n) is 7.14. The first-order chi connectivity index (χ1) is 4.66. The first-order valence-electron chi connectivity index (χ1n) is 3.40. The number of hydrogen-bond acceptors (Lipinski definition) is 0. The van der Waals surface area contributed by atoms with Gasteiger partial charge in [0.05, 0.1) is 0 Å². The maximum atomic E-state index is 5.22. The standard InChI is InChI=1S/C7H9.C2H6.CH4.W/c1-4-6-7(3)5-2;1-2;;/h2,5-6H,1,3H3;1-2H3;1H4;/q-1;;;. The molecule has 0 aliphatic carbocycles. The summed E-state index contributed by atoms with van der Waals surface area (Å²) in [5, 5.41) is 0. The summed E-state index contributed by atoms with van der Waals surface area (Å²) < 4.78 is 1.37. The molecule has 0 aromatic rings. The molecule has 0 N–H and O–H groups in total. The Morgan fingerprint density at radius 2 is 1.64 bits per heavy atom. The third-order valence-electron chi connectivity index (χ3n) is 0.694. The zero-order chi connectivity index (χ0) is 8.57. The van der Waals surface area contributed by atoms with Crippen LogP contribution in [0.2, 0.25) is 0 Å². The van der Waals surface area contributed by atoms with Crippen molar-refractivity contribution in [2.75, 3.05) is 0 Å². The van der Waals surface area contributed by atoms with Gasteiger partial charge in [-0.3, -0.25) is 0 Å². The van der Waals surface area contributed by atoms with Gasteiger partial charge < -0.3 is 0 Å². The summed E-state index contributed by atoms with van der Waals surface area (Å²) in [5.74, 6) is 0. The van der Waals surface area contributed by atoms with Gasteiger partial charge in [-0.2, -0.15) is 0 Å². The molecule has 0 fully saturated rings. The minimum atomic E-state index is 0. The minimum absolute atomic E-state index is 0. The fourth-order valence-corrected chi connectivity index (χ4v) is 1.04. The van der Waals surface area contributed by atoms with Crippen molar-refractivity contribution in [2.45, 2.75) is 35.1 Å². The van der Waals surface area contributed by atoms with Gasteiger partial charge in [0.25, 0.3) is 0 Å². The average Bonchev–Trinajstić information content (AvgIpc) is 1.91. The number of hydrogen-bond donors (Lipinski definition) is 0. The van der Waals surface area contributed by atoms with Gasteiger partial charge in [-0.05, 0) is 0 Å². The van der Waals surface area contributed by atoms with Crippen LogP contribution in [0.1, 0.15) is 35.1 Å². The predicted molar refractivity (Wildman–Crippen MR) is 51.4 cm³/mol. The summed E-state index contributed by atoms with van der Waals surface area (Å²) in [6.45, 7) is 13.3. The van der Waals surface area contributed by atoms with E-state index in [0.29, 0.717) is 0 Å². The third-order valence-corrected chi connectivity index (χ3v) is 1.12. The Morgan fingerprint density at radius 3 is 1.73 bits per heavy atom. The first-order valence-corrected chi connectivity index (χ1v) is 4.87. The molecule has 0 unspecified atom stereocenters. The van der Waals surface area contributed by atoms with Gasteiger partial charge in [-0.1, -0.05) is 21.3 Å². The molecule has 0 aliphatic heterocycles. The van der Waals surface area contributed by atoms with Crippen LogP contribution in [0.4, 0.5) is 0 Å². The average molecular weight is 323 g/mol. The summed E-state index contributed by atoms with van der Waals surface area (Å²) in [5.41, 5.74) is 1.14. The van der Waals surface area contributed by atoms with Gasteiger partial charge in [0.15, 0.2) is 0 Å². The van der Waals surface area contributed by atoms with Crippen molar-refractivity contribution in [3.63, 3.8) is 0 Å².